The number of hydrogen-bond acceptors (Lipinski definition) is 4. The van der Waals surface area contributed by atoms with E-state index in [2.05, 4.69) is 9.97 Å². The Labute approximate surface area is 100 Å². The van der Waals surface area contributed by atoms with Gasteiger partial charge in [-0.3, -0.25) is 0 Å². The van der Waals surface area contributed by atoms with E-state index in [1.807, 2.05) is 18.0 Å². The van der Waals surface area contributed by atoms with Crippen molar-refractivity contribution in [3.05, 3.63) is 17.5 Å². The Bertz CT molecular complexity index is 361. The van der Waals surface area contributed by atoms with Gasteiger partial charge in [-0.25, -0.2) is 9.97 Å². The van der Waals surface area contributed by atoms with Gasteiger partial charge < -0.3 is 10.0 Å². The van der Waals surface area contributed by atoms with E-state index in [0.29, 0.717) is 0 Å². The van der Waals surface area contributed by atoms with E-state index in [9.17, 15) is 5.11 Å². The van der Waals surface area contributed by atoms with Crippen LogP contribution in [0.5, 0.6) is 0 Å². The van der Waals surface area contributed by atoms with Gasteiger partial charge >= 0.3 is 0 Å². The Morgan fingerprint density at radius 3 is 2.88 bits per heavy atom. The van der Waals surface area contributed by atoms with Crippen LogP contribution in [0, 0.1) is 0 Å². The van der Waals surface area contributed by atoms with E-state index in [1.54, 1.807) is 6.20 Å². The highest BCUT2D eigenvalue weighted by Crippen LogP contribution is 2.25. The maximum absolute atomic E-state index is 9.95. The predicted octanol–water partition coefficient (Wildman–Crippen LogP) is 1.87. The Morgan fingerprint density at radius 1 is 1.44 bits per heavy atom. The SMILES string of the molecule is CN(c1ccnc(Cl)n1)C1CCCCC1O. The molecule has 0 amide bonds. The average molecular weight is 242 g/mol. The molecule has 1 heterocycles. The normalized spacial score (nSPS) is 25.4. The predicted molar refractivity (Wildman–Crippen MR) is 63.7 cm³/mol. The van der Waals surface area contributed by atoms with Gasteiger partial charge in [-0.05, 0) is 30.5 Å². The van der Waals surface area contributed by atoms with Crippen LogP contribution in [0.25, 0.3) is 0 Å². The van der Waals surface area contributed by atoms with Crippen molar-refractivity contribution in [3.8, 4) is 0 Å². The number of halogens is 1. The van der Waals surface area contributed by atoms with Crippen LogP contribution in [-0.4, -0.2) is 34.3 Å². The van der Waals surface area contributed by atoms with Gasteiger partial charge in [-0.1, -0.05) is 12.8 Å². The molecule has 0 spiro atoms. The van der Waals surface area contributed by atoms with Gasteiger partial charge in [0.15, 0.2) is 0 Å². The fourth-order valence-electron chi connectivity index (χ4n) is 2.24. The molecule has 2 unspecified atom stereocenters. The molecule has 1 N–H and O–H groups in total. The van der Waals surface area contributed by atoms with Gasteiger partial charge in [-0.2, -0.15) is 0 Å². The molecule has 4 nitrogen and oxygen atoms in total. The zero-order valence-electron chi connectivity index (χ0n) is 9.30. The number of rotatable bonds is 2. The molecule has 2 atom stereocenters. The average Bonchev–Trinajstić information content (AvgIpc) is 2.29. The molecule has 0 bridgehead atoms. The van der Waals surface area contributed by atoms with Gasteiger partial charge in [0.1, 0.15) is 5.82 Å². The van der Waals surface area contributed by atoms with E-state index in [4.69, 9.17) is 11.6 Å². The summed E-state index contributed by atoms with van der Waals surface area (Å²) in [6.45, 7) is 0. The molecule has 1 fully saturated rings. The van der Waals surface area contributed by atoms with Crippen LogP contribution in [0.1, 0.15) is 25.7 Å². The third-order valence-corrected chi connectivity index (χ3v) is 3.35. The molecule has 2 rings (SSSR count). The molecule has 16 heavy (non-hydrogen) atoms. The van der Waals surface area contributed by atoms with Crippen molar-refractivity contribution in [1.82, 2.24) is 9.97 Å². The summed E-state index contributed by atoms with van der Waals surface area (Å²) in [5.74, 6) is 0.769. The van der Waals surface area contributed by atoms with Crippen LogP contribution in [0.15, 0.2) is 12.3 Å². The first-order chi connectivity index (χ1) is 7.68. The van der Waals surface area contributed by atoms with Crippen molar-refractivity contribution in [2.24, 2.45) is 0 Å². The second-order valence-electron chi connectivity index (χ2n) is 4.21. The molecule has 88 valence electrons. The van der Waals surface area contributed by atoms with Gasteiger partial charge in [0.25, 0.3) is 0 Å². The van der Waals surface area contributed by atoms with Crippen molar-refractivity contribution in [2.45, 2.75) is 37.8 Å². The minimum atomic E-state index is -0.271. The smallest absolute Gasteiger partial charge is 0.224 e. The minimum absolute atomic E-state index is 0.139. The summed E-state index contributed by atoms with van der Waals surface area (Å²) in [4.78, 5) is 10.0. The summed E-state index contributed by atoms with van der Waals surface area (Å²) >= 11 is 5.75. The molecule has 0 aromatic carbocycles. The Kier molecular flexibility index (Phi) is 3.61. The number of likely N-dealkylation sites (N-methyl/N-ethyl adjacent to an activating group) is 1. The van der Waals surface area contributed by atoms with Crippen molar-refractivity contribution in [2.75, 3.05) is 11.9 Å². The molecule has 1 aliphatic carbocycles. The van der Waals surface area contributed by atoms with Crippen molar-refractivity contribution in [3.63, 3.8) is 0 Å². The lowest BCUT2D eigenvalue weighted by atomic mass is 9.91. The molecular formula is C11H16ClN3O. The lowest BCUT2D eigenvalue weighted by Crippen LogP contribution is -2.43. The lowest BCUT2D eigenvalue weighted by Gasteiger charge is -2.35. The summed E-state index contributed by atoms with van der Waals surface area (Å²) in [7, 11) is 1.94. The first-order valence-corrected chi connectivity index (χ1v) is 5.96. The van der Waals surface area contributed by atoms with Crippen LogP contribution in [0.3, 0.4) is 0 Å². The molecule has 0 aliphatic heterocycles. The molecule has 5 heteroatoms. The maximum atomic E-state index is 9.95. The zero-order valence-corrected chi connectivity index (χ0v) is 10.1. The standard InChI is InChI=1S/C11H16ClN3O/c1-15(8-4-2-3-5-9(8)16)10-6-7-13-11(12)14-10/h6-9,16H,2-5H2,1H3. The minimum Gasteiger partial charge on any atom is -0.391 e. The zero-order chi connectivity index (χ0) is 11.5. The summed E-state index contributed by atoms with van der Waals surface area (Å²) in [6, 6.07) is 1.95. The van der Waals surface area contributed by atoms with Crippen molar-refractivity contribution < 1.29 is 5.11 Å². The highest BCUT2D eigenvalue weighted by atomic mass is 35.5. The van der Waals surface area contributed by atoms with E-state index in [1.165, 1.54) is 0 Å². The molecule has 1 aromatic rings. The maximum Gasteiger partial charge on any atom is 0.224 e. The molecule has 1 aliphatic rings. The van der Waals surface area contributed by atoms with E-state index in [0.717, 1.165) is 31.5 Å². The second-order valence-corrected chi connectivity index (χ2v) is 4.55. The second kappa shape index (κ2) is 4.97. The highest BCUT2D eigenvalue weighted by Gasteiger charge is 2.27. The van der Waals surface area contributed by atoms with Crippen LogP contribution in [0.4, 0.5) is 5.82 Å². The van der Waals surface area contributed by atoms with E-state index < -0.39 is 0 Å². The van der Waals surface area contributed by atoms with Crippen molar-refractivity contribution >= 4 is 17.4 Å². The van der Waals surface area contributed by atoms with Crippen LogP contribution >= 0.6 is 11.6 Å². The third kappa shape index (κ3) is 2.44. The van der Waals surface area contributed by atoms with Gasteiger partial charge in [-0.15, -0.1) is 0 Å². The fourth-order valence-corrected chi connectivity index (χ4v) is 2.38. The topological polar surface area (TPSA) is 49.2 Å². The van der Waals surface area contributed by atoms with E-state index in [-0.39, 0.29) is 17.4 Å². The number of aromatic nitrogens is 2. The van der Waals surface area contributed by atoms with E-state index >= 15 is 0 Å². The molecular weight excluding hydrogens is 226 g/mol. The Balaban J connectivity index is 2.14. The quantitative estimate of drug-likeness (QED) is 0.804. The fraction of sp³-hybridized carbons (Fsp3) is 0.636. The summed E-state index contributed by atoms with van der Waals surface area (Å²) in [5.41, 5.74) is 0. The van der Waals surface area contributed by atoms with Crippen LogP contribution < -0.4 is 4.90 Å². The molecule has 0 saturated heterocycles. The number of hydrogen-bond donors (Lipinski definition) is 1. The number of nitrogens with zero attached hydrogens (tertiary/aromatic N) is 3. The third-order valence-electron chi connectivity index (χ3n) is 3.16. The van der Waals surface area contributed by atoms with Gasteiger partial charge in [0.05, 0.1) is 12.1 Å². The first-order valence-electron chi connectivity index (χ1n) is 5.58. The highest BCUT2D eigenvalue weighted by molar-refractivity contribution is 6.28. The molecule has 0 radical (unpaired) electrons. The van der Waals surface area contributed by atoms with Gasteiger partial charge in [0, 0.05) is 13.2 Å². The van der Waals surface area contributed by atoms with Crippen LogP contribution in [-0.2, 0) is 0 Å². The van der Waals surface area contributed by atoms with Crippen molar-refractivity contribution in [1.29, 1.82) is 0 Å². The lowest BCUT2D eigenvalue weighted by molar-refractivity contribution is 0.106. The first kappa shape index (κ1) is 11.6. The number of anilines is 1. The summed E-state index contributed by atoms with van der Waals surface area (Å²) in [5, 5.41) is 10.2. The largest absolute Gasteiger partial charge is 0.391 e. The summed E-state index contributed by atoms with van der Waals surface area (Å²) in [6.07, 6.45) is 5.50. The molecule has 1 aromatic heterocycles. The molecule has 1 saturated carbocycles. The number of aliphatic hydroxyl groups excluding tert-OH is 1. The Hall–Kier alpha value is -0.870. The Morgan fingerprint density at radius 2 is 2.19 bits per heavy atom. The van der Waals surface area contributed by atoms with Crippen LogP contribution in [0.2, 0.25) is 5.28 Å². The number of aliphatic hydroxyl groups is 1. The monoisotopic (exact) mass is 241 g/mol. The van der Waals surface area contributed by atoms with Gasteiger partial charge in [0.2, 0.25) is 5.28 Å². The summed E-state index contributed by atoms with van der Waals surface area (Å²) < 4.78 is 0.